The summed E-state index contributed by atoms with van der Waals surface area (Å²) < 4.78 is 5.63. The van der Waals surface area contributed by atoms with Gasteiger partial charge in [0.05, 0.1) is 13.2 Å². The van der Waals surface area contributed by atoms with Gasteiger partial charge in [0.1, 0.15) is 0 Å². The summed E-state index contributed by atoms with van der Waals surface area (Å²) >= 11 is 0. The van der Waals surface area contributed by atoms with Crippen LogP contribution in [0.1, 0.15) is 18.4 Å². The van der Waals surface area contributed by atoms with E-state index in [4.69, 9.17) is 4.74 Å². The van der Waals surface area contributed by atoms with Crippen LogP contribution in [0.5, 0.6) is 0 Å². The van der Waals surface area contributed by atoms with E-state index in [1.54, 1.807) is 6.20 Å². The van der Waals surface area contributed by atoms with Gasteiger partial charge in [-0.1, -0.05) is 6.07 Å². The molecule has 1 unspecified atom stereocenters. The first kappa shape index (κ1) is 10.6. The van der Waals surface area contributed by atoms with Crippen molar-refractivity contribution in [1.82, 2.24) is 10.3 Å². The first-order valence-electron chi connectivity index (χ1n) is 5.65. The van der Waals surface area contributed by atoms with E-state index in [-0.39, 0.29) is 0 Å². The molecule has 0 bridgehead atoms. The molecule has 0 spiro atoms. The highest BCUT2D eigenvalue weighted by Crippen LogP contribution is 2.05. The number of rotatable bonds is 5. The Bertz CT molecular complexity index is 270. The molecule has 3 heteroatoms. The molecular weight excluding hydrogens is 188 g/mol. The second-order valence-corrected chi connectivity index (χ2v) is 3.98. The standard InChI is InChI=1S/C12H18N2O/c1-3-11(9-13-6-1)5-8-15-10-12-4-2-7-14-12/h1,3,6,9,12,14H,2,4-5,7-8,10H2. The Morgan fingerprint density at radius 2 is 2.53 bits per heavy atom. The fourth-order valence-electron chi connectivity index (χ4n) is 1.86. The molecule has 1 fully saturated rings. The van der Waals surface area contributed by atoms with Crippen molar-refractivity contribution in [2.24, 2.45) is 0 Å². The van der Waals surface area contributed by atoms with E-state index >= 15 is 0 Å². The molecule has 1 aliphatic rings. The average Bonchev–Trinajstić information content (AvgIpc) is 2.79. The Hall–Kier alpha value is -0.930. The van der Waals surface area contributed by atoms with Crippen LogP contribution in [0.2, 0.25) is 0 Å². The molecule has 0 amide bonds. The van der Waals surface area contributed by atoms with Gasteiger partial charge in [0, 0.05) is 18.4 Å². The van der Waals surface area contributed by atoms with Crippen molar-refractivity contribution in [3.8, 4) is 0 Å². The maximum atomic E-state index is 5.63. The highest BCUT2D eigenvalue weighted by molar-refractivity contribution is 5.08. The van der Waals surface area contributed by atoms with Gasteiger partial charge in [-0.05, 0) is 37.4 Å². The number of pyridine rings is 1. The number of nitrogens with zero attached hydrogens (tertiary/aromatic N) is 1. The smallest absolute Gasteiger partial charge is 0.0619 e. The van der Waals surface area contributed by atoms with Crippen molar-refractivity contribution < 1.29 is 4.74 Å². The molecule has 1 aromatic rings. The van der Waals surface area contributed by atoms with E-state index in [0.29, 0.717) is 6.04 Å². The first-order valence-corrected chi connectivity index (χ1v) is 5.65. The van der Waals surface area contributed by atoms with Crippen LogP contribution in [0, 0.1) is 0 Å². The third-order valence-corrected chi connectivity index (χ3v) is 2.74. The van der Waals surface area contributed by atoms with Crippen LogP contribution in [-0.4, -0.2) is 30.8 Å². The van der Waals surface area contributed by atoms with Crippen molar-refractivity contribution in [2.45, 2.75) is 25.3 Å². The van der Waals surface area contributed by atoms with E-state index in [2.05, 4.69) is 16.4 Å². The van der Waals surface area contributed by atoms with E-state index in [9.17, 15) is 0 Å². The van der Waals surface area contributed by atoms with E-state index in [1.807, 2.05) is 12.3 Å². The van der Waals surface area contributed by atoms with Crippen LogP contribution in [0.25, 0.3) is 0 Å². The average molecular weight is 206 g/mol. The van der Waals surface area contributed by atoms with E-state index in [0.717, 1.165) is 26.2 Å². The van der Waals surface area contributed by atoms with Crippen LogP contribution in [-0.2, 0) is 11.2 Å². The molecule has 0 aliphatic carbocycles. The molecule has 1 aromatic heterocycles. The van der Waals surface area contributed by atoms with Gasteiger partial charge < -0.3 is 10.1 Å². The zero-order valence-corrected chi connectivity index (χ0v) is 8.98. The summed E-state index contributed by atoms with van der Waals surface area (Å²) in [7, 11) is 0. The topological polar surface area (TPSA) is 34.1 Å². The lowest BCUT2D eigenvalue weighted by Crippen LogP contribution is -2.27. The number of hydrogen-bond donors (Lipinski definition) is 1. The normalized spacial score (nSPS) is 20.7. The molecule has 2 heterocycles. The van der Waals surface area contributed by atoms with Crippen molar-refractivity contribution in [3.63, 3.8) is 0 Å². The zero-order chi connectivity index (χ0) is 10.3. The molecule has 1 aliphatic heterocycles. The molecule has 3 nitrogen and oxygen atoms in total. The summed E-state index contributed by atoms with van der Waals surface area (Å²) in [6.07, 6.45) is 7.20. The monoisotopic (exact) mass is 206 g/mol. The van der Waals surface area contributed by atoms with Crippen molar-refractivity contribution in [2.75, 3.05) is 19.8 Å². The molecule has 1 saturated heterocycles. The van der Waals surface area contributed by atoms with Crippen LogP contribution >= 0.6 is 0 Å². The molecule has 1 atom stereocenters. The largest absolute Gasteiger partial charge is 0.379 e. The number of hydrogen-bond acceptors (Lipinski definition) is 3. The predicted molar refractivity (Wildman–Crippen MR) is 59.8 cm³/mol. The molecule has 82 valence electrons. The zero-order valence-electron chi connectivity index (χ0n) is 8.98. The number of aromatic nitrogens is 1. The Balaban J connectivity index is 1.59. The maximum Gasteiger partial charge on any atom is 0.0619 e. The summed E-state index contributed by atoms with van der Waals surface area (Å²) in [4.78, 5) is 4.07. The second kappa shape index (κ2) is 5.83. The number of nitrogens with one attached hydrogen (secondary N) is 1. The highest BCUT2D eigenvalue weighted by atomic mass is 16.5. The quantitative estimate of drug-likeness (QED) is 0.739. The Morgan fingerprint density at radius 1 is 1.53 bits per heavy atom. The van der Waals surface area contributed by atoms with Gasteiger partial charge in [-0.2, -0.15) is 0 Å². The molecule has 1 N–H and O–H groups in total. The minimum absolute atomic E-state index is 0.582. The lowest BCUT2D eigenvalue weighted by molar-refractivity contribution is 0.119. The van der Waals surface area contributed by atoms with Gasteiger partial charge in [0.2, 0.25) is 0 Å². The fraction of sp³-hybridized carbons (Fsp3) is 0.583. The number of ether oxygens (including phenoxy) is 1. The maximum absolute atomic E-state index is 5.63. The summed E-state index contributed by atoms with van der Waals surface area (Å²) in [6, 6.07) is 4.64. The second-order valence-electron chi connectivity index (χ2n) is 3.98. The van der Waals surface area contributed by atoms with Crippen molar-refractivity contribution in [1.29, 1.82) is 0 Å². The van der Waals surface area contributed by atoms with Crippen LogP contribution in [0.15, 0.2) is 24.5 Å². The Morgan fingerprint density at radius 3 is 3.27 bits per heavy atom. The van der Waals surface area contributed by atoms with Gasteiger partial charge in [0.15, 0.2) is 0 Å². The molecule has 0 aromatic carbocycles. The first-order chi connectivity index (χ1) is 7.45. The Kier molecular flexibility index (Phi) is 4.11. The lowest BCUT2D eigenvalue weighted by Gasteiger charge is -2.10. The van der Waals surface area contributed by atoms with Crippen LogP contribution in [0.3, 0.4) is 0 Å². The fourth-order valence-corrected chi connectivity index (χ4v) is 1.86. The lowest BCUT2D eigenvalue weighted by atomic mass is 10.2. The molecule has 0 radical (unpaired) electrons. The van der Waals surface area contributed by atoms with Gasteiger partial charge in [0.25, 0.3) is 0 Å². The van der Waals surface area contributed by atoms with Gasteiger partial charge in [-0.25, -0.2) is 0 Å². The summed E-state index contributed by atoms with van der Waals surface area (Å²) in [5, 5.41) is 3.42. The highest BCUT2D eigenvalue weighted by Gasteiger charge is 2.13. The van der Waals surface area contributed by atoms with E-state index in [1.165, 1.54) is 18.4 Å². The van der Waals surface area contributed by atoms with Crippen LogP contribution < -0.4 is 5.32 Å². The predicted octanol–water partition coefficient (Wildman–Crippen LogP) is 1.39. The summed E-state index contributed by atoms with van der Waals surface area (Å²) in [5.41, 5.74) is 1.25. The molecule has 0 saturated carbocycles. The molecule has 15 heavy (non-hydrogen) atoms. The third-order valence-electron chi connectivity index (χ3n) is 2.74. The minimum Gasteiger partial charge on any atom is -0.379 e. The minimum atomic E-state index is 0.582. The van der Waals surface area contributed by atoms with Crippen molar-refractivity contribution >= 4 is 0 Å². The van der Waals surface area contributed by atoms with Gasteiger partial charge in [-0.15, -0.1) is 0 Å². The summed E-state index contributed by atoms with van der Waals surface area (Å²) in [6.45, 7) is 2.79. The molecule has 2 rings (SSSR count). The Labute approximate surface area is 90.9 Å². The molecular formula is C12H18N2O. The van der Waals surface area contributed by atoms with Crippen LogP contribution in [0.4, 0.5) is 0 Å². The van der Waals surface area contributed by atoms with E-state index < -0.39 is 0 Å². The third kappa shape index (κ3) is 3.61. The summed E-state index contributed by atoms with van der Waals surface area (Å²) in [5.74, 6) is 0. The SMILES string of the molecule is c1cncc(CCOCC2CCCN2)c1. The van der Waals surface area contributed by atoms with Crippen molar-refractivity contribution in [3.05, 3.63) is 30.1 Å². The van der Waals surface area contributed by atoms with Gasteiger partial charge in [-0.3, -0.25) is 4.98 Å². The van der Waals surface area contributed by atoms with Gasteiger partial charge >= 0.3 is 0 Å².